The van der Waals surface area contributed by atoms with E-state index < -0.39 is 0 Å². The Labute approximate surface area is 96.4 Å². The minimum atomic E-state index is -0.181. The minimum absolute atomic E-state index is 0.00857. The summed E-state index contributed by atoms with van der Waals surface area (Å²) in [5.74, 6) is 0.610. The highest BCUT2D eigenvalue weighted by atomic mass is 16.5. The average Bonchev–Trinajstić information content (AvgIpc) is 2.29. The first kappa shape index (κ1) is 12.6. The predicted octanol–water partition coefficient (Wildman–Crippen LogP) is 2.58. The van der Waals surface area contributed by atoms with E-state index in [2.05, 4.69) is 0 Å². The molecule has 0 aliphatic heterocycles. The van der Waals surface area contributed by atoms with Crippen molar-refractivity contribution in [3.8, 4) is 5.75 Å². The predicted molar refractivity (Wildman–Crippen MR) is 62.5 cm³/mol. The van der Waals surface area contributed by atoms with Gasteiger partial charge in [0, 0.05) is 0 Å². The van der Waals surface area contributed by atoms with Crippen LogP contribution in [0, 0.1) is 0 Å². The lowest BCUT2D eigenvalue weighted by atomic mass is 10.1. The van der Waals surface area contributed by atoms with Crippen LogP contribution < -0.4 is 4.74 Å². The summed E-state index contributed by atoms with van der Waals surface area (Å²) in [6, 6.07) is 7.42. The SMILES string of the molecule is CC[C@H](C)OC(=O)Cc1ccc(OC)cc1. The first-order valence-corrected chi connectivity index (χ1v) is 5.48. The summed E-state index contributed by atoms with van der Waals surface area (Å²) in [4.78, 5) is 11.5. The molecule has 1 rings (SSSR count). The molecule has 3 nitrogen and oxygen atoms in total. The summed E-state index contributed by atoms with van der Waals surface area (Å²) in [6.45, 7) is 3.89. The number of hydrogen-bond donors (Lipinski definition) is 0. The number of esters is 1. The highest BCUT2D eigenvalue weighted by Crippen LogP contribution is 2.12. The van der Waals surface area contributed by atoms with E-state index >= 15 is 0 Å². The van der Waals surface area contributed by atoms with E-state index in [1.807, 2.05) is 38.1 Å². The fraction of sp³-hybridized carbons (Fsp3) is 0.462. The van der Waals surface area contributed by atoms with Gasteiger partial charge in [-0.2, -0.15) is 0 Å². The first-order chi connectivity index (χ1) is 7.65. The Morgan fingerprint density at radius 2 is 1.94 bits per heavy atom. The average molecular weight is 222 g/mol. The van der Waals surface area contributed by atoms with Gasteiger partial charge in [-0.25, -0.2) is 0 Å². The molecule has 0 saturated carbocycles. The Kier molecular flexibility index (Phi) is 4.83. The standard InChI is InChI=1S/C13H18O3/c1-4-10(2)16-13(14)9-11-5-7-12(15-3)8-6-11/h5-8,10H,4,9H2,1-3H3/t10-/m0/s1. The second-order valence-corrected chi connectivity index (χ2v) is 3.73. The molecule has 0 aliphatic carbocycles. The highest BCUT2D eigenvalue weighted by molar-refractivity contribution is 5.72. The Bertz CT molecular complexity index is 330. The van der Waals surface area contributed by atoms with E-state index in [9.17, 15) is 4.79 Å². The summed E-state index contributed by atoms with van der Waals surface area (Å²) >= 11 is 0. The lowest BCUT2D eigenvalue weighted by Gasteiger charge is -2.10. The molecule has 0 aromatic heterocycles. The molecule has 0 spiro atoms. The lowest BCUT2D eigenvalue weighted by molar-refractivity contribution is -0.147. The molecular formula is C13H18O3. The van der Waals surface area contributed by atoms with Gasteiger partial charge in [-0.05, 0) is 31.0 Å². The Hall–Kier alpha value is -1.51. The van der Waals surface area contributed by atoms with Crippen molar-refractivity contribution in [3.05, 3.63) is 29.8 Å². The van der Waals surface area contributed by atoms with E-state index in [-0.39, 0.29) is 12.1 Å². The van der Waals surface area contributed by atoms with Crippen LogP contribution in [0.2, 0.25) is 0 Å². The van der Waals surface area contributed by atoms with Crippen molar-refractivity contribution in [2.45, 2.75) is 32.8 Å². The third-order valence-corrected chi connectivity index (χ3v) is 2.42. The zero-order valence-corrected chi connectivity index (χ0v) is 10.0. The van der Waals surface area contributed by atoms with Crippen LogP contribution >= 0.6 is 0 Å². The van der Waals surface area contributed by atoms with Crippen molar-refractivity contribution in [1.82, 2.24) is 0 Å². The number of carbonyl (C=O) groups is 1. The topological polar surface area (TPSA) is 35.5 Å². The molecule has 1 aromatic rings. The van der Waals surface area contributed by atoms with Crippen LogP contribution in [-0.2, 0) is 16.0 Å². The number of rotatable bonds is 5. The van der Waals surface area contributed by atoms with E-state index in [1.54, 1.807) is 7.11 Å². The van der Waals surface area contributed by atoms with Gasteiger partial charge in [0.1, 0.15) is 5.75 Å². The van der Waals surface area contributed by atoms with Crippen molar-refractivity contribution in [2.24, 2.45) is 0 Å². The van der Waals surface area contributed by atoms with Crippen molar-refractivity contribution in [2.75, 3.05) is 7.11 Å². The minimum Gasteiger partial charge on any atom is -0.497 e. The smallest absolute Gasteiger partial charge is 0.310 e. The third kappa shape index (κ3) is 3.93. The maximum Gasteiger partial charge on any atom is 0.310 e. The maximum absolute atomic E-state index is 11.5. The molecule has 16 heavy (non-hydrogen) atoms. The van der Waals surface area contributed by atoms with Crippen LogP contribution in [0.25, 0.3) is 0 Å². The number of ether oxygens (including phenoxy) is 2. The largest absolute Gasteiger partial charge is 0.497 e. The second-order valence-electron chi connectivity index (χ2n) is 3.73. The van der Waals surface area contributed by atoms with Gasteiger partial charge in [0.05, 0.1) is 19.6 Å². The zero-order valence-electron chi connectivity index (χ0n) is 10.0. The first-order valence-electron chi connectivity index (χ1n) is 5.48. The van der Waals surface area contributed by atoms with Gasteiger partial charge in [0.2, 0.25) is 0 Å². The summed E-state index contributed by atoms with van der Waals surface area (Å²) in [5.41, 5.74) is 0.939. The molecule has 0 amide bonds. The maximum atomic E-state index is 11.5. The van der Waals surface area contributed by atoms with E-state index in [0.29, 0.717) is 6.42 Å². The Morgan fingerprint density at radius 3 is 2.44 bits per heavy atom. The molecular weight excluding hydrogens is 204 g/mol. The number of methoxy groups -OCH3 is 1. The van der Waals surface area contributed by atoms with E-state index in [0.717, 1.165) is 17.7 Å². The van der Waals surface area contributed by atoms with Gasteiger partial charge >= 0.3 is 5.97 Å². The van der Waals surface area contributed by atoms with E-state index in [1.165, 1.54) is 0 Å². The van der Waals surface area contributed by atoms with Crippen LogP contribution in [0.3, 0.4) is 0 Å². The summed E-state index contributed by atoms with van der Waals surface area (Å²) in [6.07, 6.45) is 1.15. The fourth-order valence-electron chi connectivity index (χ4n) is 1.26. The molecule has 3 heteroatoms. The molecule has 0 unspecified atom stereocenters. The molecule has 0 aliphatic rings. The summed E-state index contributed by atoms with van der Waals surface area (Å²) in [5, 5.41) is 0. The fourth-order valence-corrected chi connectivity index (χ4v) is 1.26. The Morgan fingerprint density at radius 1 is 1.31 bits per heavy atom. The molecule has 1 aromatic carbocycles. The number of hydrogen-bond acceptors (Lipinski definition) is 3. The van der Waals surface area contributed by atoms with Crippen molar-refractivity contribution >= 4 is 5.97 Å². The summed E-state index contributed by atoms with van der Waals surface area (Å²) in [7, 11) is 1.62. The van der Waals surface area contributed by atoms with Crippen LogP contribution in [0.15, 0.2) is 24.3 Å². The molecule has 0 heterocycles. The third-order valence-electron chi connectivity index (χ3n) is 2.42. The van der Waals surface area contributed by atoms with Crippen molar-refractivity contribution in [3.63, 3.8) is 0 Å². The van der Waals surface area contributed by atoms with Gasteiger partial charge < -0.3 is 9.47 Å². The molecule has 0 N–H and O–H groups in total. The van der Waals surface area contributed by atoms with Gasteiger partial charge in [-0.15, -0.1) is 0 Å². The highest BCUT2D eigenvalue weighted by Gasteiger charge is 2.08. The van der Waals surface area contributed by atoms with Crippen molar-refractivity contribution in [1.29, 1.82) is 0 Å². The number of carbonyl (C=O) groups excluding carboxylic acids is 1. The van der Waals surface area contributed by atoms with Crippen LogP contribution in [0.5, 0.6) is 5.75 Å². The monoisotopic (exact) mass is 222 g/mol. The molecule has 0 saturated heterocycles. The zero-order chi connectivity index (χ0) is 12.0. The quantitative estimate of drug-likeness (QED) is 0.718. The lowest BCUT2D eigenvalue weighted by Crippen LogP contribution is -2.15. The van der Waals surface area contributed by atoms with Crippen LogP contribution in [-0.4, -0.2) is 19.2 Å². The molecule has 0 radical (unpaired) electrons. The number of benzene rings is 1. The molecule has 0 bridgehead atoms. The van der Waals surface area contributed by atoms with E-state index in [4.69, 9.17) is 9.47 Å². The molecule has 88 valence electrons. The normalized spacial score (nSPS) is 11.9. The van der Waals surface area contributed by atoms with Crippen molar-refractivity contribution < 1.29 is 14.3 Å². The van der Waals surface area contributed by atoms with Gasteiger partial charge in [-0.3, -0.25) is 4.79 Å². The van der Waals surface area contributed by atoms with Gasteiger partial charge in [0.25, 0.3) is 0 Å². The molecule has 0 fully saturated rings. The van der Waals surface area contributed by atoms with Crippen LogP contribution in [0.4, 0.5) is 0 Å². The summed E-state index contributed by atoms with van der Waals surface area (Å²) < 4.78 is 10.2. The van der Waals surface area contributed by atoms with Crippen LogP contribution in [0.1, 0.15) is 25.8 Å². The molecule has 1 atom stereocenters. The van der Waals surface area contributed by atoms with Gasteiger partial charge in [-0.1, -0.05) is 19.1 Å². The Balaban J connectivity index is 2.49. The van der Waals surface area contributed by atoms with Gasteiger partial charge in [0.15, 0.2) is 0 Å². The second kappa shape index (κ2) is 6.16.